The van der Waals surface area contributed by atoms with E-state index < -0.39 is 34.6 Å². The van der Waals surface area contributed by atoms with Crippen molar-refractivity contribution in [3.8, 4) is 11.4 Å². The summed E-state index contributed by atoms with van der Waals surface area (Å²) in [4.78, 5) is 52.8. The molecule has 2 heterocycles. The summed E-state index contributed by atoms with van der Waals surface area (Å²) in [6, 6.07) is 11.8. The van der Waals surface area contributed by atoms with E-state index in [1.807, 2.05) is 4.90 Å². The Kier molecular flexibility index (Phi) is 8.58. The number of nitrogens with zero attached hydrogens (tertiary/aromatic N) is 3. The van der Waals surface area contributed by atoms with E-state index in [1.54, 1.807) is 11.8 Å². The number of ether oxygens (including phenoxy) is 1. The monoisotopic (exact) mass is 606 g/mol. The molecule has 11 nitrogen and oxygen atoms in total. The topological polar surface area (TPSA) is 141 Å². The van der Waals surface area contributed by atoms with Crippen LogP contribution in [0, 0.1) is 11.6 Å². The van der Waals surface area contributed by atoms with Gasteiger partial charge in [-0.15, -0.1) is 0 Å². The molecule has 0 unspecified atom stereocenters. The number of hydrogen-bond acceptors (Lipinski definition) is 8. The number of nitrogens with one attached hydrogen (secondary N) is 1. The second kappa shape index (κ2) is 12.5. The number of esters is 1. The molecule has 0 spiro atoms. The fraction of sp³-hybridized carbons (Fsp3) is 0.226. The number of piperazine rings is 1. The van der Waals surface area contributed by atoms with Crippen LogP contribution in [-0.4, -0.2) is 76.9 Å². The molecule has 1 saturated heterocycles. The minimum atomic E-state index is -1.47. The number of phenolic OH excluding ortho intramolecular Hbond substituents is 1. The molecule has 4 aromatic rings. The summed E-state index contributed by atoms with van der Waals surface area (Å²) in [6.07, 6.45) is 1.14. The van der Waals surface area contributed by atoms with Crippen molar-refractivity contribution >= 4 is 40.1 Å². The number of carbonyl (C=O) groups is 3. The van der Waals surface area contributed by atoms with E-state index in [0.717, 1.165) is 12.3 Å². The Morgan fingerprint density at radius 1 is 0.955 bits per heavy atom. The van der Waals surface area contributed by atoms with Gasteiger partial charge in [-0.2, -0.15) is 0 Å². The number of phenols is 1. The van der Waals surface area contributed by atoms with Crippen molar-refractivity contribution in [2.75, 3.05) is 49.5 Å². The zero-order valence-electron chi connectivity index (χ0n) is 23.5. The number of carboxylic acids is 1. The summed E-state index contributed by atoms with van der Waals surface area (Å²) in [5.74, 6) is -4.02. The van der Waals surface area contributed by atoms with Gasteiger partial charge >= 0.3 is 11.9 Å². The Bertz CT molecular complexity index is 1820. The summed E-state index contributed by atoms with van der Waals surface area (Å²) in [5.41, 5.74) is -0.271. The van der Waals surface area contributed by atoms with Crippen molar-refractivity contribution in [2.24, 2.45) is 0 Å². The number of benzene rings is 3. The zero-order valence-corrected chi connectivity index (χ0v) is 23.5. The summed E-state index contributed by atoms with van der Waals surface area (Å²) in [7, 11) is 0. The van der Waals surface area contributed by atoms with Gasteiger partial charge in [0, 0.05) is 55.2 Å². The maximum absolute atomic E-state index is 15.4. The van der Waals surface area contributed by atoms with Gasteiger partial charge in [0.1, 0.15) is 28.5 Å². The van der Waals surface area contributed by atoms with Crippen molar-refractivity contribution in [3.05, 3.63) is 93.8 Å². The van der Waals surface area contributed by atoms with Crippen LogP contribution in [-0.2, 0) is 9.53 Å². The predicted molar refractivity (Wildman–Crippen MR) is 158 cm³/mol. The van der Waals surface area contributed by atoms with Crippen LogP contribution in [0.15, 0.2) is 65.6 Å². The van der Waals surface area contributed by atoms with Crippen LogP contribution in [0.2, 0.25) is 0 Å². The summed E-state index contributed by atoms with van der Waals surface area (Å²) >= 11 is 0. The first-order valence-corrected chi connectivity index (χ1v) is 13.7. The average Bonchev–Trinajstić information content (AvgIpc) is 2.98. The van der Waals surface area contributed by atoms with Crippen LogP contribution in [0.5, 0.6) is 5.75 Å². The maximum atomic E-state index is 15.4. The predicted octanol–water partition coefficient (Wildman–Crippen LogP) is 3.61. The van der Waals surface area contributed by atoms with Crippen molar-refractivity contribution in [3.63, 3.8) is 0 Å². The first-order chi connectivity index (χ1) is 21.0. The van der Waals surface area contributed by atoms with Gasteiger partial charge in [0.15, 0.2) is 0 Å². The molecule has 0 aliphatic carbocycles. The van der Waals surface area contributed by atoms with Crippen LogP contribution < -0.4 is 15.6 Å². The number of carbonyl (C=O) groups excluding carboxylic acids is 2. The quantitative estimate of drug-likeness (QED) is 0.257. The number of aromatic carboxylic acids is 1. The highest BCUT2D eigenvalue weighted by atomic mass is 19.1. The lowest BCUT2D eigenvalue weighted by Crippen LogP contribution is -2.49. The average molecular weight is 607 g/mol. The lowest BCUT2D eigenvalue weighted by molar-refractivity contribution is -0.117. The van der Waals surface area contributed by atoms with Gasteiger partial charge in [0.05, 0.1) is 24.4 Å². The molecule has 1 amide bonds. The normalized spacial score (nSPS) is 13.6. The van der Waals surface area contributed by atoms with Crippen LogP contribution in [0.4, 0.5) is 20.2 Å². The van der Waals surface area contributed by atoms with E-state index in [4.69, 9.17) is 4.74 Å². The first kappa shape index (κ1) is 30.2. The number of aromatic hydroxyl groups is 1. The number of pyridine rings is 1. The Labute approximate surface area is 249 Å². The molecule has 44 heavy (non-hydrogen) atoms. The summed E-state index contributed by atoms with van der Waals surface area (Å²) in [5, 5.41) is 22.2. The molecule has 5 rings (SSSR count). The smallest absolute Gasteiger partial charge is 0.341 e. The Balaban J connectivity index is 1.31. The van der Waals surface area contributed by atoms with Gasteiger partial charge in [0.2, 0.25) is 11.3 Å². The summed E-state index contributed by atoms with van der Waals surface area (Å²) < 4.78 is 35.3. The fourth-order valence-electron chi connectivity index (χ4n) is 5.09. The Morgan fingerprint density at radius 3 is 2.30 bits per heavy atom. The van der Waals surface area contributed by atoms with E-state index in [1.165, 1.54) is 53.1 Å². The third kappa shape index (κ3) is 6.22. The van der Waals surface area contributed by atoms with Crippen molar-refractivity contribution in [2.45, 2.75) is 6.92 Å². The van der Waals surface area contributed by atoms with E-state index in [0.29, 0.717) is 37.6 Å². The van der Waals surface area contributed by atoms with Gasteiger partial charge in [-0.3, -0.25) is 14.5 Å². The molecular formula is C31H28F2N4O7. The van der Waals surface area contributed by atoms with Gasteiger partial charge in [-0.05, 0) is 55.5 Å². The number of hydrogen-bond donors (Lipinski definition) is 3. The Hall–Kier alpha value is -5.30. The molecule has 0 bridgehead atoms. The molecule has 0 radical (unpaired) electrons. The maximum Gasteiger partial charge on any atom is 0.341 e. The van der Waals surface area contributed by atoms with Crippen molar-refractivity contribution in [1.29, 1.82) is 0 Å². The second-order valence-corrected chi connectivity index (χ2v) is 10.1. The van der Waals surface area contributed by atoms with Gasteiger partial charge in [0.25, 0.3) is 0 Å². The number of rotatable bonds is 8. The third-order valence-electron chi connectivity index (χ3n) is 7.26. The largest absolute Gasteiger partial charge is 0.507 e. The molecule has 1 aliphatic rings. The molecule has 3 N–H and O–H groups in total. The standard InChI is InChI=1S/C31H28F2N4O7/c1-2-44-31(43)21-8-5-19(13-27(21)38)34-28(39)17-35-9-11-36(12-10-35)26-15-25-22(14-24(26)33)29(40)23(30(41)42)16-37(25)20-6-3-18(32)4-7-20/h3-8,13-16,38H,2,9-12,17H2,1H3,(H,34,39)(H,41,42). The van der Waals surface area contributed by atoms with Gasteiger partial charge < -0.3 is 29.7 Å². The molecule has 1 fully saturated rings. The SMILES string of the molecule is CCOC(=O)c1ccc(NC(=O)CN2CCN(c3cc4c(cc3F)c(=O)c(C(=O)O)cn4-c3ccc(F)cc3)CC2)cc1O. The minimum absolute atomic E-state index is 0.0149. The Morgan fingerprint density at radius 2 is 1.66 bits per heavy atom. The highest BCUT2D eigenvalue weighted by Crippen LogP contribution is 2.28. The highest BCUT2D eigenvalue weighted by molar-refractivity contribution is 5.96. The van der Waals surface area contributed by atoms with E-state index in [9.17, 15) is 33.8 Å². The number of fused-ring (bicyclic) bond motifs is 1. The zero-order chi connectivity index (χ0) is 31.5. The molecule has 228 valence electrons. The lowest BCUT2D eigenvalue weighted by Gasteiger charge is -2.36. The number of halogens is 2. The fourth-order valence-corrected chi connectivity index (χ4v) is 5.09. The van der Waals surface area contributed by atoms with Crippen LogP contribution in [0.25, 0.3) is 16.6 Å². The molecule has 3 aromatic carbocycles. The highest BCUT2D eigenvalue weighted by Gasteiger charge is 2.24. The van der Waals surface area contributed by atoms with Gasteiger partial charge in [-0.25, -0.2) is 18.4 Å². The first-order valence-electron chi connectivity index (χ1n) is 13.7. The molecule has 0 atom stereocenters. The van der Waals surface area contributed by atoms with E-state index in [-0.39, 0.29) is 47.0 Å². The number of aromatic nitrogens is 1. The number of anilines is 2. The molecular weight excluding hydrogens is 578 g/mol. The molecule has 0 saturated carbocycles. The van der Waals surface area contributed by atoms with Crippen molar-refractivity contribution in [1.82, 2.24) is 9.47 Å². The minimum Gasteiger partial charge on any atom is -0.507 e. The summed E-state index contributed by atoms with van der Waals surface area (Å²) in [6.45, 7) is 3.33. The van der Waals surface area contributed by atoms with E-state index in [2.05, 4.69) is 5.32 Å². The van der Waals surface area contributed by atoms with Gasteiger partial charge in [-0.1, -0.05) is 0 Å². The molecule has 1 aliphatic heterocycles. The van der Waals surface area contributed by atoms with Crippen LogP contribution in [0.1, 0.15) is 27.6 Å². The molecule has 13 heteroatoms. The third-order valence-corrected chi connectivity index (χ3v) is 7.26. The second-order valence-electron chi connectivity index (χ2n) is 10.1. The lowest BCUT2D eigenvalue weighted by atomic mass is 10.1. The van der Waals surface area contributed by atoms with E-state index >= 15 is 4.39 Å². The number of amides is 1. The van der Waals surface area contributed by atoms with Crippen LogP contribution >= 0.6 is 0 Å². The molecule has 1 aromatic heterocycles. The number of carboxylic acid groups (broad SMARTS) is 1. The van der Waals surface area contributed by atoms with Crippen molar-refractivity contribution < 1.29 is 38.1 Å². The van der Waals surface area contributed by atoms with Crippen LogP contribution in [0.3, 0.4) is 0 Å².